The minimum absolute atomic E-state index is 0.140. The Hall–Kier alpha value is -2.13. The van der Waals surface area contributed by atoms with Crippen LogP contribution in [-0.2, 0) is 11.2 Å². The molecule has 3 heteroatoms. The second kappa shape index (κ2) is 4.76. The van der Waals surface area contributed by atoms with Gasteiger partial charge in [0.05, 0.1) is 12.5 Å². The Kier molecular flexibility index (Phi) is 3.07. The summed E-state index contributed by atoms with van der Waals surface area (Å²) >= 11 is 0. The Balaban J connectivity index is 1.96. The number of carbonyl (C=O) groups is 1. The Morgan fingerprint density at radius 3 is 2.65 bits per heavy atom. The number of nitrogens with zero attached hydrogens (tertiary/aromatic N) is 1. The highest BCUT2D eigenvalue weighted by Gasteiger charge is 2.24. The molecular weight excluding hydrogens is 248 g/mol. The van der Waals surface area contributed by atoms with Crippen LogP contribution >= 0.6 is 0 Å². The fraction of sp³-hybridized carbons (Fsp3) is 0.235. The zero-order chi connectivity index (χ0) is 14.3. The lowest BCUT2D eigenvalue weighted by atomic mass is 9.96. The van der Waals surface area contributed by atoms with Gasteiger partial charge in [0.15, 0.2) is 0 Å². The molecule has 102 valence electrons. The van der Waals surface area contributed by atoms with Crippen molar-refractivity contribution < 1.29 is 4.79 Å². The van der Waals surface area contributed by atoms with Crippen molar-refractivity contribution in [3.63, 3.8) is 0 Å². The van der Waals surface area contributed by atoms with Crippen LogP contribution in [-0.4, -0.2) is 13.0 Å². The summed E-state index contributed by atoms with van der Waals surface area (Å²) in [5, 5.41) is 0. The van der Waals surface area contributed by atoms with E-state index in [2.05, 4.69) is 25.1 Å². The van der Waals surface area contributed by atoms with Crippen molar-refractivity contribution in [2.45, 2.75) is 19.4 Å². The summed E-state index contributed by atoms with van der Waals surface area (Å²) < 4.78 is 0. The summed E-state index contributed by atoms with van der Waals surface area (Å²) in [6.07, 6.45) is 0.472. The van der Waals surface area contributed by atoms with E-state index in [1.165, 1.54) is 5.56 Å². The highest BCUT2D eigenvalue weighted by atomic mass is 16.2. The summed E-state index contributed by atoms with van der Waals surface area (Å²) in [7, 11) is 1.81. The van der Waals surface area contributed by atoms with Gasteiger partial charge in [0.25, 0.3) is 0 Å². The van der Waals surface area contributed by atoms with E-state index in [-0.39, 0.29) is 11.9 Å². The minimum atomic E-state index is -0.152. The largest absolute Gasteiger partial charge is 0.320 e. The molecule has 0 radical (unpaired) electrons. The molecule has 1 atom stereocenters. The van der Waals surface area contributed by atoms with Gasteiger partial charge in [0.2, 0.25) is 5.91 Å². The van der Waals surface area contributed by atoms with Gasteiger partial charge in [-0.2, -0.15) is 0 Å². The Bertz CT molecular complexity index is 678. The second-order valence-corrected chi connectivity index (χ2v) is 5.41. The standard InChI is InChI=1S/C17H18N2O/c1-11-4-3-5-12(8-11)17(18)13-6-7-15-14(9-13)10-16(20)19(15)2/h3-9,17H,10,18H2,1-2H3. The molecule has 3 nitrogen and oxygen atoms in total. The van der Waals surface area contributed by atoms with Gasteiger partial charge in [-0.1, -0.05) is 42.0 Å². The number of benzene rings is 2. The summed E-state index contributed by atoms with van der Waals surface area (Å²) in [4.78, 5) is 13.4. The second-order valence-electron chi connectivity index (χ2n) is 5.41. The van der Waals surface area contributed by atoms with Gasteiger partial charge >= 0.3 is 0 Å². The number of rotatable bonds is 2. The van der Waals surface area contributed by atoms with Gasteiger partial charge < -0.3 is 10.6 Å². The molecule has 20 heavy (non-hydrogen) atoms. The smallest absolute Gasteiger partial charge is 0.231 e. The Morgan fingerprint density at radius 2 is 1.90 bits per heavy atom. The number of nitrogens with two attached hydrogens (primary N) is 1. The summed E-state index contributed by atoms with van der Waals surface area (Å²) in [5.74, 6) is 0.140. The van der Waals surface area contributed by atoms with Crippen LogP contribution in [0.2, 0.25) is 0 Å². The molecule has 1 heterocycles. The molecule has 2 aromatic rings. The maximum atomic E-state index is 11.7. The molecule has 1 unspecified atom stereocenters. The fourth-order valence-corrected chi connectivity index (χ4v) is 2.74. The van der Waals surface area contributed by atoms with Crippen LogP contribution < -0.4 is 10.6 Å². The molecule has 3 rings (SSSR count). The highest BCUT2D eigenvalue weighted by Crippen LogP contribution is 2.31. The topological polar surface area (TPSA) is 46.3 Å². The molecule has 0 fully saturated rings. The molecule has 1 amide bonds. The van der Waals surface area contributed by atoms with E-state index in [1.807, 2.05) is 31.3 Å². The van der Waals surface area contributed by atoms with E-state index in [0.29, 0.717) is 6.42 Å². The third kappa shape index (κ3) is 2.10. The third-order valence-electron chi connectivity index (χ3n) is 3.94. The van der Waals surface area contributed by atoms with Crippen LogP contribution in [0.3, 0.4) is 0 Å². The summed E-state index contributed by atoms with van der Waals surface area (Å²) in [6.45, 7) is 2.06. The molecule has 0 saturated carbocycles. The van der Waals surface area contributed by atoms with Crippen LogP contribution in [0.5, 0.6) is 0 Å². The van der Waals surface area contributed by atoms with E-state index < -0.39 is 0 Å². The first-order chi connectivity index (χ1) is 9.56. The van der Waals surface area contributed by atoms with Gasteiger partial charge in [0.1, 0.15) is 0 Å². The molecule has 2 N–H and O–H groups in total. The van der Waals surface area contributed by atoms with Crippen molar-refractivity contribution in [2.75, 3.05) is 11.9 Å². The molecule has 1 aliphatic heterocycles. The SMILES string of the molecule is Cc1cccc(C(N)c2ccc3c(c2)CC(=O)N3C)c1. The van der Waals surface area contributed by atoms with Gasteiger partial charge in [-0.3, -0.25) is 4.79 Å². The highest BCUT2D eigenvalue weighted by molar-refractivity contribution is 6.00. The average molecular weight is 266 g/mol. The van der Waals surface area contributed by atoms with Crippen molar-refractivity contribution in [3.05, 3.63) is 64.7 Å². The van der Waals surface area contributed by atoms with Gasteiger partial charge in [0, 0.05) is 12.7 Å². The van der Waals surface area contributed by atoms with Crippen molar-refractivity contribution in [1.82, 2.24) is 0 Å². The zero-order valence-electron chi connectivity index (χ0n) is 11.8. The fourth-order valence-electron chi connectivity index (χ4n) is 2.74. The number of fused-ring (bicyclic) bond motifs is 1. The lowest BCUT2D eigenvalue weighted by Gasteiger charge is -2.15. The first-order valence-electron chi connectivity index (χ1n) is 6.78. The van der Waals surface area contributed by atoms with E-state index in [4.69, 9.17) is 5.73 Å². The number of carbonyl (C=O) groups excluding carboxylic acids is 1. The van der Waals surface area contributed by atoms with Crippen LogP contribution in [0.1, 0.15) is 28.3 Å². The predicted octanol–water partition coefficient (Wildman–Crippen LogP) is 2.56. The number of likely N-dealkylation sites (N-methyl/N-ethyl adjacent to an activating group) is 1. The zero-order valence-corrected chi connectivity index (χ0v) is 11.8. The van der Waals surface area contributed by atoms with Crippen molar-refractivity contribution in [2.24, 2.45) is 5.73 Å². The molecule has 0 spiro atoms. The molecular formula is C17H18N2O. The maximum absolute atomic E-state index is 11.7. The van der Waals surface area contributed by atoms with Crippen molar-refractivity contribution in [1.29, 1.82) is 0 Å². The minimum Gasteiger partial charge on any atom is -0.320 e. The van der Waals surface area contributed by atoms with Crippen molar-refractivity contribution in [3.8, 4) is 0 Å². The number of aryl methyl sites for hydroxylation is 1. The van der Waals surface area contributed by atoms with E-state index >= 15 is 0 Å². The normalized spacial score (nSPS) is 15.3. The van der Waals surface area contributed by atoms with E-state index in [0.717, 1.165) is 22.4 Å². The quantitative estimate of drug-likeness (QED) is 0.908. The number of amides is 1. The van der Waals surface area contributed by atoms with Crippen LogP contribution in [0.4, 0.5) is 5.69 Å². The van der Waals surface area contributed by atoms with Crippen LogP contribution in [0.15, 0.2) is 42.5 Å². The Morgan fingerprint density at radius 1 is 1.15 bits per heavy atom. The van der Waals surface area contributed by atoms with Gasteiger partial charge in [-0.25, -0.2) is 0 Å². The van der Waals surface area contributed by atoms with Gasteiger partial charge in [-0.05, 0) is 29.7 Å². The first-order valence-corrected chi connectivity index (χ1v) is 6.78. The molecule has 0 aromatic heterocycles. The number of hydrogen-bond donors (Lipinski definition) is 1. The summed E-state index contributed by atoms with van der Waals surface area (Å²) in [5.41, 5.74) is 11.8. The van der Waals surface area contributed by atoms with Crippen LogP contribution in [0.25, 0.3) is 0 Å². The van der Waals surface area contributed by atoms with Crippen molar-refractivity contribution >= 4 is 11.6 Å². The lowest BCUT2D eigenvalue weighted by molar-refractivity contribution is -0.117. The molecule has 0 aliphatic carbocycles. The number of hydrogen-bond acceptors (Lipinski definition) is 2. The third-order valence-corrected chi connectivity index (χ3v) is 3.94. The van der Waals surface area contributed by atoms with E-state index in [1.54, 1.807) is 4.90 Å². The number of anilines is 1. The average Bonchev–Trinajstić information content (AvgIpc) is 2.73. The molecule has 0 saturated heterocycles. The molecule has 2 aromatic carbocycles. The molecule has 0 bridgehead atoms. The van der Waals surface area contributed by atoms with Gasteiger partial charge in [-0.15, -0.1) is 0 Å². The maximum Gasteiger partial charge on any atom is 0.231 e. The lowest BCUT2D eigenvalue weighted by Crippen LogP contribution is -2.20. The van der Waals surface area contributed by atoms with E-state index in [9.17, 15) is 4.79 Å². The predicted molar refractivity (Wildman–Crippen MR) is 80.8 cm³/mol. The summed E-state index contributed by atoms with van der Waals surface area (Å²) in [6, 6.07) is 14.1. The molecule has 1 aliphatic rings. The van der Waals surface area contributed by atoms with Crippen LogP contribution in [0, 0.1) is 6.92 Å². The monoisotopic (exact) mass is 266 g/mol. The Labute approximate surface area is 119 Å². The first kappa shape index (κ1) is 12.9.